The molecule has 2 rings (SSSR count). The maximum absolute atomic E-state index is 11.8. The summed E-state index contributed by atoms with van der Waals surface area (Å²) in [6.07, 6.45) is 2.24. The number of benzene rings is 1. The van der Waals surface area contributed by atoms with Crippen LogP contribution in [0.5, 0.6) is 0 Å². The molecule has 1 fully saturated rings. The number of carbonyl (C=O) groups is 1. The number of nitrogens with zero attached hydrogens (tertiary/aromatic N) is 1. The summed E-state index contributed by atoms with van der Waals surface area (Å²) in [4.78, 5) is 11.8. The molecule has 3 heteroatoms. The van der Waals surface area contributed by atoms with Crippen molar-refractivity contribution in [2.45, 2.75) is 40.0 Å². The van der Waals surface area contributed by atoms with Crippen molar-refractivity contribution in [1.82, 2.24) is 5.32 Å². The Hall–Kier alpha value is -1.82. The largest absolute Gasteiger partial charge is 0.354 e. The highest BCUT2D eigenvalue weighted by molar-refractivity contribution is 5.88. The van der Waals surface area contributed by atoms with Gasteiger partial charge in [0.1, 0.15) is 5.41 Å². The predicted octanol–water partition coefficient (Wildman–Crippen LogP) is 2.57. The molecule has 1 aromatic carbocycles. The van der Waals surface area contributed by atoms with Gasteiger partial charge in [-0.2, -0.15) is 5.26 Å². The zero-order chi connectivity index (χ0) is 14.0. The van der Waals surface area contributed by atoms with Crippen LogP contribution in [0.3, 0.4) is 0 Å². The number of rotatable bonds is 4. The molecular weight excluding hydrogens is 236 g/mol. The first-order valence-corrected chi connectivity index (χ1v) is 6.75. The fourth-order valence-corrected chi connectivity index (χ4v) is 2.59. The van der Waals surface area contributed by atoms with E-state index >= 15 is 0 Å². The molecule has 3 nitrogen and oxygen atoms in total. The average Bonchev–Trinajstić information content (AvgIpc) is 3.13. The number of aryl methyl sites for hydroxylation is 3. The summed E-state index contributed by atoms with van der Waals surface area (Å²) in [5.41, 5.74) is 4.40. The first kappa shape index (κ1) is 13.6. The Morgan fingerprint density at radius 3 is 2.37 bits per heavy atom. The minimum atomic E-state index is -0.711. The summed E-state index contributed by atoms with van der Waals surface area (Å²) in [7, 11) is 0. The van der Waals surface area contributed by atoms with Gasteiger partial charge in [0.15, 0.2) is 0 Å². The summed E-state index contributed by atoms with van der Waals surface area (Å²) in [6.45, 7) is 6.91. The molecule has 1 aliphatic carbocycles. The molecule has 1 saturated carbocycles. The van der Waals surface area contributed by atoms with E-state index in [1.54, 1.807) is 0 Å². The normalized spacial score (nSPS) is 15.7. The maximum Gasteiger partial charge on any atom is 0.240 e. The zero-order valence-corrected chi connectivity index (χ0v) is 11.8. The molecule has 0 spiro atoms. The molecule has 1 aliphatic rings. The monoisotopic (exact) mass is 256 g/mol. The molecule has 19 heavy (non-hydrogen) atoms. The molecule has 0 aliphatic heterocycles. The number of hydrogen-bond donors (Lipinski definition) is 1. The Morgan fingerprint density at radius 1 is 1.32 bits per heavy atom. The standard InChI is InChI=1S/C16H20N2O/c1-11-8-12(2)14(13(3)9-11)4-7-18-15(19)16(10-17)5-6-16/h8-9H,4-7H2,1-3H3,(H,18,19). The van der Waals surface area contributed by atoms with Crippen molar-refractivity contribution in [2.24, 2.45) is 5.41 Å². The van der Waals surface area contributed by atoms with E-state index in [0.29, 0.717) is 19.4 Å². The minimum Gasteiger partial charge on any atom is -0.354 e. The fourth-order valence-electron chi connectivity index (χ4n) is 2.59. The fraction of sp³-hybridized carbons (Fsp3) is 0.500. The number of carbonyl (C=O) groups excluding carboxylic acids is 1. The third kappa shape index (κ3) is 2.78. The third-order valence-corrected chi connectivity index (χ3v) is 3.90. The van der Waals surface area contributed by atoms with Crippen LogP contribution in [-0.2, 0) is 11.2 Å². The second kappa shape index (κ2) is 5.05. The minimum absolute atomic E-state index is 0.0996. The molecule has 0 saturated heterocycles. The summed E-state index contributed by atoms with van der Waals surface area (Å²) >= 11 is 0. The van der Waals surface area contributed by atoms with Crippen molar-refractivity contribution in [3.05, 3.63) is 34.4 Å². The van der Waals surface area contributed by atoms with Crippen LogP contribution in [0.1, 0.15) is 35.1 Å². The molecule has 0 bridgehead atoms. The van der Waals surface area contributed by atoms with Gasteiger partial charge in [0.25, 0.3) is 0 Å². The van der Waals surface area contributed by atoms with Gasteiger partial charge < -0.3 is 5.32 Å². The first-order valence-electron chi connectivity index (χ1n) is 6.75. The third-order valence-electron chi connectivity index (χ3n) is 3.90. The molecule has 0 atom stereocenters. The Labute approximate surface area is 114 Å². The quantitative estimate of drug-likeness (QED) is 0.900. The van der Waals surface area contributed by atoms with Crippen molar-refractivity contribution in [3.63, 3.8) is 0 Å². The van der Waals surface area contributed by atoms with Gasteiger partial charge in [-0.1, -0.05) is 17.7 Å². The van der Waals surface area contributed by atoms with Crippen LogP contribution in [0.15, 0.2) is 12.1 Å². The van der Waals surface area contributed by atoms with Crippen molar-refractivity contribution in [3.8, 4) is 6.07 Å². The molecule has 0 heterocycles. The van der Waals surface area contributed by atoms with E-state index in [9.17, 15) is 4.79 Å². The van der Waals surface area contributed by atoms with Gasteiger partial charge in [0.05, 0.1) is 6.07 Å². The highest BCUT2D eigenvalue weighted by Gasteiger charge is 2.50. The lowest BCUT2D eigenvalue weighted by atomic mass is 9.97. The molecule has 1 aromatic rings. The van der Waals surface area contributed by atoms with E-state index in [4.69, 9.17) is 5.26 Å². The molecule has 1 N–H and O–H groups in total. The first-order chi connectivity index (χ1) is 8.98. The average molecular weight is 256 g/mol. The van der Waals surface area contributed by atoms with Gasteiger partial charge in [0, 0.05) is 6.54 Å². The second-order valence-corrected chi connectivity index (χ2v) is 5.58. The summed E-state index contributed by atoms with van der Waals surface area (Å²) in [5.74, 6) is -0.0996. The lowest BCUT2D eigenvalue weighted by molar-refractivity contribution is -0.124. The van der Waals surface area contributed by atoms with Crippen molar-refractivity contribution in [1.29, 1.82) is 5.26 Å². The molecule has 0 unspecified atom stereocenters. The number of nitriles is 1. The van der Waals surface area contributed by atoms with Crippen LogP contribution in [0, 0.1) is 37.5 Å². The molecule has 0 aromatic heterocycles. The van der Waals surface area contributed by atoms with E-state index in [2.05, 4.69) is 44.3 Å². The highest BCUT2D eigenvalue weighted by atomic mass is 16.2. The van der Waals surface area contributed by atoms with Gasteiger partial charge >= 0.3 is 0 Å². The smallest absolute Gasteiger partial charge is 0.240 e. The molecular formula is C16H20N2O. The van der Waals surface area contributed by atoms with Gasteiger partial charge in [-0.25, -0.2) is 0 Å². The van der Waals surface area contributed by atoms with Crippen LogP contribution in [0.25, 0.3) is 0 Å². The number of hydrogen-bond acceptors (Lipinski definition) is 2. The summed E-state index contributed by atoms with van der Waals surface area (Å²) in [5, 5.41) is 11.8. The van der Waals surface area contributed by atoms with Gasteiger partial charge in [-0.05, 0) is 56.7 Å². The topological polar surface area (TPSA) is 52.9 Å². The Kier molecular flexibility index (Phi) is 3.61. The van der Waals surface area contributed by atoms with Crippen molar-refractivity contribution >= 4 is 5.91 Å². The van der Waals surface area contributed by atoms with Crippen LogP contribution in [0.2, 0.25) is 0 Å². The van der Waals surface area contributed by atoms with Gasteiger partial charge in [0.2, 0.25) is 5.91 Å². The van der Waals surface area contributed by atoms with Crippen LogP contribution in [-0.4, -0.2) is 12.5 Å². The maximum atomic E-state index is 11.8. The SMILES string of the molecule is Cc1cc(C)c(CCNC(=O)C2(C#N)CC2)c(C)c1. The lowest BCUT2D eigenvalue weighted by Crippen LogP contribution is -2.32. The van der Waals surface area contributed by atoms with Crippen LogP contribution >= 0.6 is 0 Å². The lowest BCUT2D eigenvalue weighted by Gasteiger charge is -2.13. The van der Waals surface area contributed by atoms with Crippen molar-refractivity contribution < 1.29 is 4.79 Å². The van der Waals surface area contributed by atoms with E-state index < -0.39 is 5.41 Å². The van der Waals surface area contributed by atoms with Crippen molar-refractivity contribution in [2.75, 3.05) is 6.54 Å². The number of amides is 1. The Bertz CT molecular complexity index is 527. The Morgan fingerprint density at radius 2 is 1.89 bits per heavy atom. The van der Waals surface area contributed by atoms with Gasteiger partial charge in [-0.15, -0.1) is 0 Å². The number of nitrogens with one attached hydrogen (secondary N) is 1. The molecule has 0 radical (unpaired) electrons. The second-order valence-electron chi connectivity index (χ2n) is 5.58. The zero-order valence-electron chi connectivity index (χ0n) is 11.8. The summed E-state index contributed by atoms with van der Waals surface area (Å²) in [6, 6.07) is 6.46. The van der Waals surface area contributed by atoms with E-state index in [-0.39, 0.29) is 5.91 Å². The predicted molar refractivity (Wildman–Crippen MR) is 74.6 cm³/mol. The highest BCUT2D eigenvalue weighted by Crippen LogP contribution is 2.44. The summed E-state index contributed by atoms with van der Waals surface area (Å²) < 4.78 is 0. The van der Waals surface area contributed by atoms with E-state index in [0.717, 1.165) is 6.42 Å². The molecule has 100 valence electrons. The Balaban J connectivity index is 1.94. The van der Waals surface area contributed by atoms with Crippen LogP contribution in [0.4, 0.5) is 0 Å². The van der Waals surface area contributed by atoms with E-state index in [1.807, 2.05) is 0 Å². The van der Waals surface area contributed by atoms with Gasteiger partial charge in [-0.3, -0.25) is 4.79 Å². The molecule has 1 amide bonds. The van der Waals surface area contributed by atoms with Crippen LogP contribution < -0.4 is 5.32 Å². The van der Waals surface area contributed by atoms with E-state index in [1.165, 1.54) is 22.3 Å².